The number of rotatable bonds is 10. The van der Waals surface area contributed by atoms with Crippen molar-refractivity contribution in [2.45, 2.75) is 66.5 Å². The number of carbonyl (C=O) groups excluding carboxylic acids is 1. The van der Waals surface area contributed by atoms with Crippen molar-refractivity contribution in [1.82, 2.24) is 15.0 Å². The molecule has 0 atom stereocenters. The monoisotopic (exact) mass is 659 g/mol. The van der Waals surface area contributed by atoms with Gasteiger partial charge in [0.1, 0.15) is 0 Å². The Morgan fingerprint density at radius 1 is 0.909 bits per heavy atom. The van der Waals surface area contributed by atoms with Gasteiger partial charge < -0.3 is 26.4 Å². The third-order valence-corrected chi connectivity index (χ3v) is 7.57. The van der Waals surface area contributed by atoms with Gasteiger partial charge in [-0.25, -0.2) is 0 Å². The van der Waals surface area contributed by atoms with E-state index < -0.39 is 0 Å². The first-order chi connectivity index (χ1) is 20.7. The van der Waals surface area contributed by atoms with E-state index in [4.69, 9.17) is 5.73 Å². The number of hydrogen-bond acceptors (Lipinski definition) is 8. The highest BCUT2D eigenvalue weighted by molar-refractivity contribution is 9.10. The summed E-state index contributed by atoms with van der Waals surface area (Å²) in [5.41, 5.74) is 10.7. The highest BCUT2D eigenvalue weighted by atomic mass is 79.9. The third kappa shape index (κ3) is 9.00. The molecular weight excluding hydrogens is 618 g/mol. The molecule has 0 fully saturated rings. The molecule has 0 bridgehead atoms. The van der Waals surface area contributed by atoms with Crippen molar-refractivity contribution in [3.8, 4) is 0 Å². The van der Waals surface area contributed by atoms with E-state index in [9.17, 15) is 9.90 Å². The Morgan fingerprint density at radius 3 is 2.27 bits per heavy atom. The summed E-state index contributed by atoms with van der Waals surface area (Å²) in [6.07, 6.45) is 0.916. The van der Waals surface area contributed by atoms with Crippen LogP contribution in [0.2, 0.25) is 0 Å². The van der Waals surface area contributed by atoms with Crippen molar-refractivity contribution in [3.05, 3.63) is 93.5 Å². The van der Waals surface area contributed by atoms with E-state index in [0.29, 0.717) is 41.5 Å². The van der Waals surface area contributed by atoms with E-state index in [-0.39, 0.29) is 35.2 Å². The average molecular weight is 661 g/mol. The molecule has 232 valence electrons. The molecule has 0 aliphatic heterocycles. The number of nitrogens with zero attached hydrogens (tertiary/aromatic N) is 4. The molecule has 1 aromatic heterocycles. The number of benzene rings is 3. The summed E-state index contributed by atoms with van der Waals surface area (Å²) >= 11 is 3.54. The molecule has 4 aromatic rings. The maximum absolute atomic E-state index is 14.4. The lowest BCUT2D eigenvalue weighted by atomic mass is 9.87. The zero-order valence-electron chi connectivity index (χ0n) is 26.3. The van der Waals surface area contributed by atoms with E-state index in [0.717, 1.165) is 16.5 Å². The largest absolute Gasteiger partial charge is 0.392 e. The van der Waals surface area contributed by atoms with E-state index >= 15 is 0 Å². The van der Waals surface area contributed by atoms with Crippen LogP contribution in [0.25, 0.3) is 0 Å². The average Bonchev–Trinajstić information content (AvgIpc) is 2.95. The van der Waals surface area contributed by atoms with Crippen LogP contribution in [-0.2, 0) is 18.6 Å². The number of nitrogens with one attached hydrogen (secondary N) is 2. The number of amides is 1. The minimum Gasteiger partial charge on any atom is -0.392 e. The number of aromatic nitrogens is 3. The molecule has 0 spiro atoms. The molecule has 0 aliphatic carbocycles. The van der Waals surface area contributed by atoms with Crippen LogP contribution in [0.4, 0.5) is 29.2 Å². The summed E-state index contributed by atoms with van der Waals surface area (Å²) in [4.78, 5) is 29.1. The normalized spacial score (nSPS) is 11.7. The summed E-state index contributed by atoms with van der Waals surface area (Å²) in [5.74, 6) is 0.398. The van der Waals surface area contributed by atoms with Gasteiger partial charge in [-0.3, -0.25) is 4.79 Å². The number of nitrogen functional groups attached to an aromatic ring is 1. The first-order valence-electron chi connectivity index (χ1n) is 14.6. The van der Waals surface area contributed by atoms with Gasteiger partial charge in [-0.2, -0.15) is 15.0 Å². The van der Waals surface area contributed by atoms with Crippen LogP contribution in [0.3, 0.4) is 0 Å². The Morgan fingerprint density at radius 2 is 1.61 bits per heavy atom. The fraction of sp³-hybridized carbons (Fsp3) is 0.353. The fourth-order valence-corrected chi connectivity index (χ4v) is 4.90. The number of anilines is 5. The minimum absolute atomic E-state index is 0.0147. The van der Waals surface area contributed by atoms with E-state index in [1.54, 1.807) is 17.0 Å². The van der Waals surface area contributed by atoms with Gasteiger partial charge in [-0.1, -0.05) is 93.9 Å². The van der Waals surface area contributed by atoms with Gasteiger partial charge in [0.25, 0.3) is 5.91 Å². The number of aliphatic hydroxyl groups excluding tert-OH is 1. The van der Waals surface area contributed by atoms with Crippen LogP contribution in [0.5, 0.6) is 0 Å². The van der Waals surface area contributed by atoms with Gasteiger partial charge in [0, 0.05) is 16.7 Å². The number of carbonyl (C=O) groups is 1. The van der Waals surface area contributed by atoms with Gasteiger partial charge in [-0.15, -0.1) is 0 Å². The van der Waals surface area contributed by atoms with E-state index in [1.165, 1.54) is 5.56 Å². The van der Waals surface area contributed by atoms with Gasteiger partial charge in [0.05, 0.1) is 24.4 Å². The predicted octanol–water partition coefficient (Wildman–Crippen LogP) is 7.44. The Bertz CT molecular complexity index is 1590. The van der Waals surface area contributed by atoms with Crippen LogP contribution in [0.15, 0.2) is 71.2 Å². The summed E-state index contributed by atoms with van der Waals surface area (Å²) in [5, 5.41) is 16.2. The highest BCUT2D eigenvalue weighted by Crippen LogP contribution is 2.30. The molecule has 0 saturated carbocycles. The molecule has 9 nitrogen and oxygen atoms in total. The second kappa shape index (κ2) is 13.7. The molecular formula is C34H42BrN7O2. The molecule has 0 aliphatic rings. The molecule has 0 unspecified atom stereocenters. The van der Waals surface area contributed by atoms with Crippen molar-refractivity contribution >= 4 is 51.1 Å². The van der Waals surface area contributed by atoms with Gasteiger partial charge in [0.15, 0.2) is 0 Å². The fourth-order valence-electron chi connectivity index (χ4n) is 4.54. The SMILES string of the molecule is CC(C)(C)CCNc1nc(N)nc(Nc2ccc(Br)cc2C(=O)N(Cc2ccc(C(C)(C)C)cc2)c2cccc(CO)c2)n1. The van der Waals surface area contributed by atoms with E-state index in [1.807, 2.05) is 30.3 Å². The predicted molar refractivity (Wildman–Crippen MR) is 182 cm³/mol. The maximum atomic E-state index is 14.4. The Hall–Kier alpha value is -4.02. The topological polar surface area (TPSA) is 129 Å². The lowest BCUT2D eigenvalue weighted by Gasteiger charge is -2.26. The molecule has 4 rings (SSSR count). The van der Waals surface area contributed by atoms with Crippen molar-refractivity contribution in [3.63, 3.8) is 0 Å². The summed E-state index contributed by atoms with van der Waals surface area (Å²) in [6, 6.07) is 21.1. The number of halogens is 1. The van der Waals surface area contributed by atoms with Crippen LogP contribution >= 0.6 is 15.9 Å². The zero-order chi connectivity index (χ0) is 32.1. The van der Waals surface area contributed by atoms with Crippen LogP contribution in [0.1, 0.15) is 75.0 Å². The van der Waals surface area contributed by atoms with Crippen molar-refractivity contribution in [2.75, 3.05) is 27.8 Å². The molecule has 1 heterocycles. The lowest BCUT2D eigenvalue weighted by Crippen LogP contribution is -2.31. The zero-order valence-corrected chi connectivity index (χ0v) is 27.9. The first kappa shape index (κ1) is 32.9. The molecule has 44 heavy (non-hydrogen) atoms. The molecule has 10 heteroatoms. The molecule has 3 aromatic carbocycles. The van der Waals surface area contributed by atoms with Gasteiger partial charge in [0.2, 0.25) is 17.8 Å². The molecule has 5 N–H and O–H groups in total. The van der Waals surface area contributed by atoms with Gasteiger partial charge >= 0.3 is 0 Å². The summed E-state index contributed by atoms with van der Waals surface area (Å²) in [6.45, 7) is 13.9. The van der Waals surface area contributed by atoms with Gasteiger partial charge in [-0.05, 0) is 64.3 Å². The number of aliphatic hydroxyl groups is 1. The first-order valence-corrected chi connectivity index (χ1v) is 15.4. The Labute approximate surface area is 268 Å². The van der Waals surface area contributed by atoms with E-state index in [2.05, 4.69) is 107 Å². The standard InChI is InChI=1S/C34H42BrN7O2/c1-33(2,3)16-17-37-31-39-30(36)40-32(41-31)38-28-15-14-25(35)19-27(28)29(44)42(26-9-7-8-23(18-26)21-43)20-22-10-12-24(13-11-22)34(4,5)6/h7-15,18-19,43H,16-17,20-21H2,1-6H3,(H4,36,37,38,39,40,41). The lowest BCUT2D eigenvalue weighted by molar-refractivity contribution is 0.0985. The molecule has 0 radical (unpaired) electrons. The number of nitrogens with two attached hydrogens (primary N) is 1. The Kier molecular flexibility index (Phi) is 10.3. The van der Waals surface area contributed by atoms with Crippen LogP contribution < -0.4 is 21.3 Å². The number of hydrogen-bond donors (Lipinski definition) is 4. The maximum Gasteiger partial charge on any atom is 0.260 e. The Balaban J connectivity index is 1.68. The van der Waals surface area contributed by atoms with Crippen LogP contribution in [-0.4, -0.2) is 32.5 Å². The van der Waals surface area contributed by atoms with Crippen LogP contribution in [0, 0.1) is 5.41 Å². The highest BCUT2D eigenvalue weighted by Gasteiger charge is 2.23. The third-order valence-electron chi connectivity index (χ3n) is 7.08. The summed E-state index contributed by atoms with van der Waals surface area (Å²) in [7, 11) is 0. The molecule has 0 saturated heterocycles. The van der Waals surface area contributed by atoms with Crippen molar-refractivity contribution < 1.29 is 9.90 Å². The molecule has 1 amide bonds. The second-order valence-electron chi connectivity index (χ2n) is 13.1. The minimum atomic E-state index is -0.241. The smallest absolute Gasteiger partial charge is 0.260 e. The quantitative estimate of drug-likeness (QED) is 0.138. The van der Waals surface area contributed by atoms with Crippen molar-refractivity contribution in [1.29, 1.82) is 0 Å². The summed E-state index contributed by atoms with van der Waals surface area (Å²) < 4.78 is 0.740. The van der Waals surface area contributed by atoms with Crippen molar-refractivity contribution in [2.24, 2.45) is 5.41 Å². The second-order valence-corrected chi connectivity index (χ2v) is 14.0.